The predicted octanol–water partition coefficient (Wildman–Crippen LogP) is 2.81. The number of hydrogen-bond donors (Lipinski definition) is 1. The Morgan fingerprint density at radius 2 is 2.05 bits per heavy atom. The van der Waals surface area contributed by atoms with Gasteiger partial charge in [0.2, 0.25) is 5.95 Å². The Balaban J connectivity index is 2.03. The smallest absolute Gasteiger partial charge is 0.220 e. The molecule has 1 aliphatic carbocycles. The zero-order valence-corrected chi connectivity index (χ0v) is 12.9. The van der Waals surface area contributed by atoms with Gasteiger partial charge in [0.05, 0.1) is 11.9 Å². The molecule has 2 atom stereocenters. The van der Waals surface area contributed by atoms with Gasteiger partial charge in [-0.05, 0) is 31.2 Å². The maximum atomic E-state index is 5.83. The Kier molecular flexibility index (Phi) is 4.04. The van der Waals surface area contributed by atoms with Crippen molar-refractivity contribution in [2.24, 2.45) is 5.16 Å². The van der Waals surface area contributed by atoms with E-state index in [-0.39, 0.29) is 5.92 Å². The van der Waals surface area contributed by atoms with Crippen LogP contribution in [0.2, 0.25) is 0 Å². The number of anilines is 1. The molecule has 0 amide bonds. The molecule has 114 valence electrons. The van der Waals surface area contributed by atoms with Crippen molar-refractivity contribution in [3.63, 3.8) is 0 Å². The van der Waals surface area contributed by atoms with E-state index < -0.39 is 0 Å². The molecule has 2 aromatic rings. The molecule has 1 aromatic heterocycles. The van der Waals surface area contributed by atoms with E-state index in [0.717, 1.165) is 29.8 Å². The van der Waals surface area contributed by atoms with Crippen molar-refractivity contribution in [3.05, 3.63) is 52.8 Å². The molecule has 0 spiro atoms. The monoisotopic (exact) mass is 296 g/mol. The van der Waals surface area contributed by atoms with E-state index in [0.29, 0.717) is 11.9 Å². The summed E-state index contributed by atoms with van der Waals surface area (Å²) in [5.41, 5.74) is 10.2. The minimum absolute atomic E-state index is 0.148. The van der Waals surface area contributed by atoms with Crippen LogP contribution < -0.4 is 5.73 Å². The van der Waals surface area contributed by atoms with E-state index >= 15 is 0 Å². The van der Waals surface area contributed by atoms with E-state index in [1.807, 2.05) is 19.2 Å². The molecule has 0 aliphatic heterocycles. The standard InChI is InChI=1S/C17H20N4O/c1-11-16-14(10-19-22-2)8-13(12-6-4-3-5-7-12)9-15(16)21-17(18)20-11/h3-7,10,13-14H,8-9H2,1-2H3,(H2,18,20,21). The molecule has 2 N–H and O–H groups in total. The van der Waals surface area contributed by atoms with Gasteiger partial charge >= 0.3 is 0 Å². The van der Waals surface area contributed by atoms with Gasteiger partial charge < -0.3 is 10.6 Å². The van der Waals surface area contributed by atoms with Gasteiger partial charge in [0, 0.05) is 17.2 Å². The predicted molar refractivity (Wildman–Crippen MR) is 86.9 cm³/mol. The fraction of sp³-hybridized carbons (Fsp3) is 0.353. The van der Waals surface area contributed by atoms with Crippen LogP contribution in [0.5, 0.6) is 0 Å². The minimum Gasteiger partial charge on any atom is -0.399 e. The molecule has 1 aliphatic rings. The molecular weight excluding hydrogens is 276 g/mol. The summed E-state index contributed by atoms with van der Waals surface area (Å²) in [5.74, 6) is 0.887. The van der Waals surface area contributed by atoms with Crippen molar-refractivity contribution < 1.29 is 4.84 Å². The number of oxime groups is 1. The Morgan fingerprint density at radius 3 is 2.77 bits per heavy atom. The second-order valence-corrected chi connectivity index (χ2v) is 5.62. The summed E-state index contributed by atoms with van der Waals surface area (Å²) in [7, 11) is 1.56. The van der Waals surface area contributed by atoms with E-state index in [1.165, 1.54) is 5.56 Å². The lowest BCUT2D eigenvalue weighted by atomic mass is 9.76. The normalized spacial score (nSPS) is 20.8. The van der Waals surface area contributed by atoms with Crippen molar-refractivity contribution in [2.45, 2.75) is 31.6 Å². The van der Waals surface area contributed by atoms with Crippen molar-refractivity contribution >= 4 is 12.2 Å². The second-order valence-electron chi connectivity index (χ2n) is 5.62. The molecule has 0 radical (unpaired) electrons. The molecule has 2 unspecified atom stereocenters. The first-order chi connectivity index (χ1) is 10.7. The zero-order chi connectivity index (χ0) is 15.5. The summed E-state index contributed by atoms with van der Waals surface area (Å²) < 4.78 is 0. The second kappa shape index (κ2) is 6.13. The molecule has 0 bridgehead atoms. The van der Waals surface area contributed by atoms with Crippen LogP contribution in [0.3, 0.4) is 0 Å². The topological polar surface area (TPSA) is 73.4 Å². The molecule has 3 rings (SSSR count). The summed E-state index contributed by atoms with van der Waals surface area (Å²) in [6.07, 6.45) is 3.70. The maximum absolute atomic E-state index is 5.83. The van der Waals surface area contributed by atoms with Gasteiger partial charge in [0.1, 0.15) is 7.11 Å². The lowest BCUT2D eigenvalue weighted by Gasteiger charge is -2.30. The van der Waals surface area contributed by atoms with Crippen molar-refractivity contribution in [1.82, 2.24) is 9.97 Å². The third-order valence-electron chi connectivity index (χ3n) is 4.20. The molecule has 22 heavy (non-hydrogen) atoms. The number of nitrogen functional groups attached to an aromatic ring is 1. The number of benzene rings is 1. The number of hydrogen-bond acceptors (Lipinski definition) is 5. The minimum atomic E-state index is 0.148. The van der Waals surface area contributed by atoms with Crippen LogP contribution in [0.4, 0.5) is 5.95 Å². The summed E-state index contributed by atoms with van der Waals surface area (Å²) in [4.78, 5) is 13.6. The maximum Gasteiger partial charge on any atom is 0.220 e. The molecule has 0 saturated carbocycles. The number of nitrogens with two attached hydrogens (primary N) is 1. The number of rotatable bonds is 3. The van der Waals surface area contributed by atoms with E-state index in [4.69, 9.17) is 10.6 Å². The van der Waals surface area contributed by atoms with Crippen LogP contribution in [-0.2, 0) is 11.3 Å². The largest absolute Gasteiger partial charge is 0.399 e. The summed E-state index contributed by atoms with van der Waals surface area (Å²) in [6, 6.07) is 10.5. The first-order valence-electron chi connectivity index (χ1n) is 7.43. The van der Waals surface area contributed by atoms with E-state index in [1.54, 1.807) is 7.11 Å². The lowest BCUT2D eigenvalue weighted by Crippen LogP contribution is -2.22. The Bertz CT molecular complexity index is 685. The van der Waals surface area contributed by atoms with Crippen LogP contribution in [-0.4, -0.2) is 23.3 Å². The fourth-order valence-electron chi connectivity index (χ4n) is 3.29. The van der Waals surface area contributed by atoms with Crippen molar-refractivity contribution in [1.29, 1.82) is 0 Å². The molecular formula is C17H20N4O. The average Bonchev–Trinajstić information content (AvgIpc) is 2.52. The first kappa shape index (κ1) is 14.5. The van der Waals surface area contributed by atoms with Gasteiger partial charge in [-0.15, -0.1) is 0 Å². The van der Waals surface area contributed by atoms with Crippen LogP contribution in [0.1, 0.15) is 40.8 Å². The van der Waals surface area contributed by atoms with Crippen molar-refractivity contribution in [3.8, 4) is 0 Å². The average molecular weight is 296 g/mol. The number of aromatic nitrogens is 2. The highest BCUT2D eigenvalue weighted by Gasteiger charge is 2.30. The summed E-state index contributed by atoms with van der Waals surface area (Å²) in [5, 5.41) is 3.97. The Hall–Kier alpha value is -2.43. The van der Waals surface area contributed by atoms with Crippen molar-refractivity contribution in [2.75, 3.05) is 12.8 Å². The number of nitrogens with zero attached hydrogens (tertiary/aromatic N) is 3. The Morgan fingerprint density at radius 1 is 1.27 bits per heavy atom. The SMILES string of the molecule is CON=CC1CC(c2ccccc2)Cc2nc(N)nc(C)c21. The van der Waals surface area contributed by atoms with Crippen LogP contribution in [0.25, 0.3) is 0 Å². The zero-order valence-electron chi connectivity index (χ0n) is 12.9. The first-order valence-corrected chi connectivity index (χ1v) is 7.43. The van der Waals surface area contributed by atoms with Gasteiger partial charge in [-0.3, -0.25) is 0 Å². The van der Waals surface area contributed by atoms with Gasteiger partial charge in [0.15, 0.2) is 0 Å². The molecule has 1 aromatic carbocycles. The highest BCUT2D eigenvalue weighted by atomic mass is 16.6. The third kappa shape index (κ3) is 2.79. The summed E-state index contributed by atoms with van der Waals surface area (Å²) in [6.45, 7) is 1.98. The molecule has 5 nitrogen and oxygen atoms in total. The quantitative estimate of drug-likeness (QED) is 0.698. The van der Waals surface area contributed by atoms with Crippen LogP contribution >= 0.6 is 0 Å². The molecule has 0 saturated heterocycles. The molecule has 1 heterocycles. The summed E-state index contributed by atoms with van der Waals surface area (Å²) >= 11 is 0. The highest BCUT2D eigenvalue weighted by Crippen LogP contribution is 2.39. The molecule has 0 fully saturated rings. The van der Waals surface area contributed by atoms with Gasteiger partial charge in [-0.1, -0.05) is 35.5 Å². The van der Waals surface area contributed by atoms with Gasteiger partial charge in [-0.25, -0.2) is 9.97 Å². The lowest BCUT2D eigenvalue weighted by molar-refractivity contribution is 0.213. The van der Waals surface area contributed by atoms with Gasteiger partial charge in [-0.2, -0.15) is 0 Å². The third-order valence-corrected chi connectivity index (χ3v) is 4.20. The fourth-order valence-corrected chi connectivity index (χ4v) is 3.29. The number of fused-ring (bicyclic) bond motifs is 1. The van der Waals surface area contributed by atoms with Crippen LogP contribution in [0.15, 0.2) is 35.5 Å². The van der Waals surface area contributed by atoms with Gasteiger partial charge in [0.25, 0.3) is 0 Å². The molecule has 5 heteroatoms. The highest BCUT2D eigenvalue weighted by molar-refractivity contribution is 5.69. The number of aryl methyl sites for hydroxylation is 1. The Labute approximate surface area is 130 Å². The van der Waals surface area contributed by atoms with E-state index in [2.05, 4.69) is 39.4 Å². The van der Waals surface area contributed by atoms with Crippen LogP contribution in [0, 0.1) is 6.92 Å². The van der Waals surface area contributed by atoms with E-state index in [9.17, 15) is 0 Å².